The van der Waals surface area contributed by atoms with Gasteiger partial charge in [0.15, 0.2) is 0 Å². The van der Waals surface area contributed by atoms with E-state index in [0.717, 1.165) is 23.7 Å². The molecule has 0 bridgehead atoms. The summed E-state index contributed by atoms with van der Waals surface area (Å²) >= 11 is 0. The molecule has 0 nitrogen and oxygen atoms in total. The van der Waals surface area contributed by atoms with Crippen LogP contribution in [0, 0.1) is 23.7 Å². The van der Waals surface area contributed by atoms with Crippen molar-refractivity contribution in [2.45, 2.75) is 86.5 Å². The molecule has 0 aromatic rings. The molecule has 0 radical (unpaired) electrons. The van der Waals surface area contributed by atoms with Crippen molar-refractivity contribution in [2.24, 2.45) is 23.7 Å². The SMILES string of the molecule is CCCCCC(CC)C(C)C(C)CCC(C)C. The topological polar surface area (TPSA) is 0 Å². The molecule has 0 heterocycles. The Morgan fingerprint density at radius 1 is 0.765 bits per heavy atom. The van der Waals surface area contributed by atoms with E-state index in [0.29, 0.717) is 0 Å². The molecule has 0 saturated carbocycles. The molecule has 0 spiro atoms. The minimum Gasteiger partial charge on any atom is -0.0654 e. The Hall–Kier alpha value is 0. The maximum Gasteiger partial charge on any atom is -0.0389 e. The highest BCUT2D eigenvalue weighted by molar-refractivity contribution is 4.71. The van der Waals surface area contributed by atoms with Crippen LogP contribution in [0.2, 0.25) is 0 Å². The lowest BCUT2D eigenvalue weighted by molar-refractivity contribution is 0.219. The first-order chi connectivity index (χ1) is 8.02. The van der Waals surface area contributed by atoms with Crippen LogP contribution in [0.15, 0.2) is 0 Å². The van der Waals surface area contributed by atoms with Crippen LogP contribution >= 0.6 is 0 Å². The van der Waals surface area contributed by atoms with E-state index in [2.05, 4.69) is 41.5 Å². The lowest BCUT2D eigenvalue weighted by Gasteiger charge is -2.29. The second-order valence-corrected chi connectivity index (χ2v) is 6.47. The number of rotatable bonds is 10. The minimum absolute atomic E-state index is 0.866. The van der Waals surface area contributed by atoms with Gasteiger partial charge >= 0.3 is 0 Å². The fourth-order valence-corrected chi connectivity index (χ4v) is 2.82. The molecule has 0 aliphatic carbocycles. The molecule has 0 aliphatic rings. The van der Waals surface area contributed by atoms with Gasteiger partial charge < -0.3 is 0 Å². The number of hydrogen-bond acceptors (Lipinski definition) is 0. The number of hydrogen-bond donors (Lipinski definition) is 0. The molecular weight excluding hydrogens is 204 g/mol. The van der Waals surface area contributed by atoms with Gasteiger partial charge in [0, 0.05) is 0 Å². The quantitative estimate of drug-likeness (QED) is 0.393. The van der Waals surface area contributed by atoms with Gasteiger partial charge in [0.2, 0.25) is 0 Å². The molecule has 0 rings (SSSR count). The first-order valence-corrected chi connectivity index (χ1v) is 8.02. The summed E-state index contributed by atoms with van der Waals surface area (Å²) in [5.74, 6) is 3.65. The molecule has 0 amide bonds. The van der Waals surface area contributed by atoms with Crippen LogP contribution < -0.4 is 0 Å². The Morgan fingerprint density at radius 2 is 1.41 bits per heavy atom. The van der Waals surface area contributed by atoms with E-state index < -0.39 is 0 Å². The molecule has 0 aromatic carbocycles. The van der Waals surface area contributed by atoms with Gasteiger partial charge in [0.1, 0.15) is 0 Å². The lowest BCUT2D eigenvalue weighted by atomic mass is 9.77. The molecule has 0 saturated heterocycles. The zero-order valence-electron chi connectivity index (χ0n) is 13.3. The predicted octanol–water partition coefficient (Wildman–Crippen LogP) is 6.30. The van der Waals surface area contributed by atoms with E-state index in [1.807, 2.05) is 0 Å². The maximum atomic E-state index is 2.49. The van der Waals surface area contributed by atoms with Gasteiger partial charge in [0.05, 0.1) is 0 Å². The number of unbranched alkanes of at least 4 members (excludes halogenated alkanes) is 2. The summed E-state index contributed by atoms with van der Waals surface area (Å²) in [6, 6.07) is 0. The Balaban J connectivity index is 3.98. The van der Waals surface area contributed by atoms with Gasteiger partial charge in [-0.15, -0.1) is 0 Å². The molecule has 0 aliphatic heterocycles. The first-order valence-electron chi connectivity index (χ1n) is 8.02. The average Bonchev–Trinajstić information content (AvgIpc) is 2.31. The van der Waals surface area contributed by atoms with Crippen molar-refractivity contribution in [2.75, 3.05) is 0 Å². The summed E-state index contributed by atoms with van der Waals surface area (Å²) in [6.07, 6.45) is 9.86. The summed E-state index contributed by atoms with van der Waals surface area (Å²) in [5.41, 5.74) is 0. The van der Waals surface area contributed by atoms with Crippen LogP contribution in [0.5, 0.6) is 0 Å². The van der Waals surface area contributed by atoms with Crippen LogP contribution in [0.3, 0.4) is 0 Å². The summed E-state index contributed by atoms with van der Waals surface area (Å²) < 4.78 is 0. The fourth-order valence-electron chi connectivity index (χ4n) is 2.82. The van der Waals surface area contributed by atoms with Crippen molar-refractivity contribution in [3.63, 3.8) is 0 Å². The Bertz CT molecular complexity index is 159. The molecule has 0 N–H and O–H groups in total. The van der Waals surface area contributed by atoms with Crippen molar-refractivity contribution in [3.05, 3.63) is 0 Å². The molecule has 3 atom stereocenters. The molecule has 0 fully saturated rings. The Labute approximate surface area is 111 Å². The third kappa shape index (κ3) is 7.84. The van der Waals surface area contributed by atoms with Crippen LogP contribution in [0.25, 0.3) is 0 Å². The van der Waals surface area contributed by atoms with E-state index >= 15 is 0 Å². The standard InChI is InChI=1S/C17H36/c1-7-9-10-11-17(8-2)16(6)15(5)13-12-14(3)4/h14-17H,7-13H2,1-6H3. The van der Waals surface area contributed by atoms with Crippen LogP contribution in [-0.4, -0.2) is 0 Å². The molecule has 3 unspecified atom stereocenters. The Morgan fingerprint density at radius 3 is 1.88 bits per heavy atom. The maximum absolute atomic E-state index is 2.49. The third-order valence-corrected chi connectivity index (χ3v) is 4.54. The summed E-state index contributed by atoms with van der Waals surface area (Å²) in [6.45, 7) is 14.3. The van der Waals surface area contributed by atoms with Crippen molar-refractivity contribution in [1.82, 2.24) is 0 Å². The highest BCUT2D eigenvalue weighted by Crippen LogP contribution is 2.31. The highest BCUT2D eigenvalue weighted by Gasteiger charge is 2.20. The molecule has 0 aromatic heterocycles. The van der Waals surface area contributed by atoms with Gasteiger partial charge in [0.25, 0.3) is 0 Å². The molecule has 17 heavy (non-hydrogen) atoms. The van der Waals surface area contributed by atoms with Gasteiger partial charge in [-0.1, -0.05) is 86.5 Å². The Kier molecular flexibility index (Phi) is 9.97. The van der Waals surface area contributed by atoms with E-state index in [-0.39, 0.29) is 0 Å². The van der Waals surface area contributed by atoms with Gasteiger partial charge in [-0.05, 0) is 23.7 Å². The zero-order chi connectivity index (χ0) is 13.3. The second kappa shape index (κ2) is 9.97. The van der Waals surface area contributed by atoms with E-state index in [1.165, 1.54) is 44.9 Å². The van der Waals surface area contributed by atoms with Crippen molar-refractivity contribution in [1.29, 1.82) is 0 Å². The van der Waals surface area contributed by atoms with Crippen LogP contribution in [0.1, 0.15) is 86.5 Å². The smallest absolute Gasteiger partial charge is 0.0389 e. The van der Waals surface area contributed by atoms with Crippen LogP contribution in [0.4, 0.5) is 0 Å². The summed E-state index contributed by atoms with van der Waals surface area (Å²) in [7, 11) is 0. The highest BCUT2D eigenvalue weighted by atomic mass is 14.3. The second-order valence-electron chi connectivity index (χ2n) is 6.47. The molecule has 104 valence electrons. The van der Waals surface area contributed by atoms with Gasteiger partial charge in [-0.25, -0.2) is 0 Å². The van der Waals surface area contributed by atoms with E-state index in [1.54, 1.807) is 0 Å². The van der Waals surface area contributed by atoms with E-state index in [9.17, 15) is 0 Å². The van der Waals surface area contributed by atoms with Crippen molar-refractivity contribution >= 4 is 0 Å². The fraction of sp³-hybridized carbons (Fsp3) is 1.00. The van der Waals surface area contributed by atoms with Gasteiger partial charge in [-0.2, -0.15) is 0 Å². The lowest BCUT2D eigenvalue weighted by Crippen LogP contribution is -2.19. The third-order valence-electron chi connectivity index (χ3n) is 4.54. The van der Waals surface area contributed by atoms with Crippen LogP contribution in [-0.2, 0) is 0 Å². The van der Waals surface area contributed by atoms with Crippen molar-refractivity contribution < 1.29 is 0 Å². The zero-order valence-corrected chi connectivity index (χ0v) is 13.3. The molecule has 0 heteroatoms. The predicted molar refractivity (Wildman–Crippen MR) is 80.3 cm³/mol. The minimum atomic E-state index is 0.866. The normalized spacial score (nSPS) is 17.1. The molecular formula is C17H36. The largest absolute Gasteiger partial charge is 0.0654 e. The van der Waals surface area contributed by atoms with E-state index in [4.69, 9.17) is 0 Å². The van der Waals surface area contributed by atoms with Gasteiger partial charge in [-0.3, -0.25) is 0 Å². The monoisotopic (exact) mass is 240 g/mol. The van der Waals surface area contributed by atoms with Crippen molar-refractivity contribution in [3.8, 4) is 0 Å². The average molecular weight is 240 g/mol. The summed E-state index contributed by atoms with van der Waals surface area (Å²) in [5, 5.41) is 0. The summed E-state index contributed by atoms with van der Waals surface area (Å²) in [4.78, 5) is 0. The first kappa shape index (κ1) is 17.0.